The molecule has 0 heterocycles. The second kappa shape index (κ2) is 8.32. The van der Waals surface area contributed by atoms with Crippen molar-refractivity contribution in [3.05, 3.63) is 42.5 Å². The standard InChI is InChI=1S/C15H20O4/c1-3-15(17)19-11-5-4-10-18-14-8-6-13(7-9-14)12(2)16/h3,6-9,12,16H,1,4-5,10-11H2,2H3. The van der Waals surface area contributed by atoms with Gasteiger partial charge in [-0.15, -0.1) is 0 Å². The average Bonchev–Trinajstić information content (AvgIpc) is 2.42. The van der Waals surface area contributed by atoms with Crippen LogP contribution in [0.4, 0.5) is 0 Å². The van der Waals surface area contributed by atoms with E-state index in [0.29, 0.717) is 13.2 Å². The van der Waals surface area contributed by atoms with E-state index in [2.05, 4.69) is 6.58 Å². The van der Waals surface area contributed by atoms with Gasteiger partial charge < -0.3 is 14.6 Å². The van der Waals surface area contributed by atoms with Gasteiger partial charge in [-0.25, -0.2) is 4.79 Å². The number of hydrogen-bond donors (Lipinski definition) is 1. The Morgan fingerprint density at radius 3 is 2.53 bits per heavy atom. The summed E-state index contributed by atoms with van der Waals surface area (Å²) in [6.45, 7) is 5.99. The molecule has 4 heteroatoms. The fraction of sp³-hybridized carbons (Fsp3) is 0.400. The number of benzene rings is 1. The lowest BCUT2D eigenvalue weighted by atomic mass is 10.1. The molecule has 1 aromatic rings. The highest BCUT2D eigenvalue weighted by Gasteiger charge is 2.01. The molecular formula is C15H20O4. The number of hydrogen-bond acceptors (Lipinski definition) is 4. The molecule has 1 unspecified atom stereocenters. The van der Waals surface area contributed by atoms with Gasteiger partial charge in [-0.3, -0.25) is 0 Å². The minimum Gasteiger partial charge on any atom is -0.494 e. The van der Waals surface area contributed by atoms with Crippen molar-refractivity contribution in [1.29, 1.82) is 0 Å². The predicted molar refractivity (Wildman–Crippen MR) is 73.0 cm³/mol. The molecule has 1 aromatic carbocycles. The zero-order chi connectivity index (χ0) is 14.1. The second-order valence-electron chi connectivity index (χ2n) is 4.17. The molecule has 0 aromatic heterocycles. The molecule has 0 aliphatic rings. The van der Waals surface area contributed by atoms with Crippen molar-refractivity contribution in [3.63, 3.8) is 0 Å². The van der Waals surface area contributed by atoms with Crippen molar-refractivity contribution in [2.24, 2.45) is 0 Å². The van der Waals surface area contributed by atoms with Gasteiger partial charge in [0.15, 0.2) is 0 Å². The minimum absolute atomic E-state index is 0.384. The number of unbranched alkanes of at least 4 members (excludes halogenated alkanes) is 1. The van der Waals surface area contributed by atoms with E-state index < -0.39 is 12.1 Å². The van der Waals surface area contributed by atoms with Gasteiger partial charge >= 0.3 is 5.97 Å². The van der Waals surface area contributed by atoms with Crippen molar-refractivity contribution in [3.8, 4) is 5.75 Å². The third kappa shape index (κ3) is 6.06. The monoisotopic (exact) mass is 264 g/mol. The molecule has 104 valence electrons. The van der Waals surface area contributed by atoms with Gasteiger partial charge in [-0.2, -0.15) is 0 Å². The van der Waals surface area contributed by atoms with Crippen LogP contribution in [0, 0.1) is 0 Å². The molecule has 0 aliphatic heterocycles. The number of carbonyl (C=O) groups excluding carboxylic acids is 1. The lowest BCUT2D eigenvalue weighted by molar-refractivity contribution is -0.137. The van der Waals surface area contributed by atoms with Crippen molar-refractivity contribution < 1.29 is 19.4 Å². The van der Waals surface area contributed by atoms with Crippen LogP contribution >= 0.6 is 0 Å². The first-order valence-electron chi connectivity index (χ1n) is 6.33. The number of aliphatic hydroxyl groups is 1. The largest absolute Gasteiger partial charge is 0.494 e. The summed E-state index contributed by atoms with van der Waals surface area (Å²) < 4.78 is 10.4. The van der Waals surface area contributed by atoms with E-state index in [1.165, 1.54) is 0 Å². The summed E-state index contributed by atoms with van der Waals surface area (Å²) >= 11 is 0. The highest BCUT2D eigenvalue weighted by Crippen LogP contribution is 2.17. The van der Waals surface area contributed by atoms with Crippen LogP contribution in [0.1, 0.15) is 31.4 Å². The molecule has 0 fully saturated rings. The third-order valence-corrected chi connectivity index (χ3v) is 2.58. The lowest BCUT2D eigenvalue weighted by Gasteiger charge is -2.08. The Morgan fingerprint density at radius 2 is 1.95 bits per heavy atom. The zero-order valence-corrected chi connectivity index (χ0v) is 11.2. The normalized spacial score (nSPS) is 11.7. The van der Waals surface area contributed by atoms with Gasteiger partial charge in [-0.1, -0.05) is 18.7 Å². The fourth-order valence-corrected chi connectivity index (χ4v) is 1.47. The minimum atomic E-state index is -0.464. The van der Waals surface area contributed by atoms with Crippen LogP contribution in [0.5, 0.6) is 5.75 Å². The number of aliphatic hydroxyl groups excluding tert-OH is 1. The average molecular weight is 264 g/mol. The quantitative estimate of drug-likeness (QED) is 0.445. The van der Waals surface area contributed by atoms with E-state index in [9.17, 15) is 9.90 Å². The number of esters is 1. The summed E-state index contributed by atoms with van der Waals surface area (Å²) in [6.07, 6.45) is 2.25. The molecule has 0 bridgehead atoms. The summed E-state index contributed by atoms with van der Waals surface area (Å²) in [5, 5.41) is 9.36. The molecular weight excluding hydrogens is 244 g/mol. The first-order valence-corrected chi connectivity index (χ1v) is 6.33. The van der Waals surface area contributed by atoms with Gasteiger partial charge in [0, 0.05) is 6.08 Å². The summed E-state index contributed by atoms with van der Waals surface area (Å²) in [5.41, 5.74) is 0.865. The topological polar surface area (TPSA) is 55.8 Å². The smallest absolute Gasteiger partial charge is 0.330 e. The summed E-state index contributed by atoms with van der Waals surface area (Å²) in [6, 6.07) is 7.34. The fourth-order valence-electron chi connectivity index (χ4n) is 1.47. The lowest BCUT2D eigenvalue weighted by Crippen LogP contribution is -2.04. The summed E-state index contributed by atoms with van der Waals surface area (Å²) in [4.78, 5) is 10.8. The van der Waals surface area contributed by atoms with Crippen LogP contribution in [0.15, 0.2) is 36.9 Å². The summed E-state index contributed by atoms with van der Waals surface area (Å²) in [7, 11) is 0. The molecule has 0 amide bonds. The van der Waals surface area contributed by atoms with Gasteiger partial charge in [0.1, 0.15) is 5.75 Å². The Morgan fingerprint density at radius 1 is 1.32 bits per heavy atom. The molecule has 1 rings (SSSR count). The Labute approximate surface area is 113 Å². The molecule has 0 aliphatic carbocycles. The molecule has 0 spiro atoms. The van der Waals surface area contributed by atoms with Crippen molar-refractivity contribution >= 4 is 5.97 Å². The summed E-state index contributed by atoms with van der Waals surface area (Å²) in [5.74, 6) is 0.377. The maximum absolute atomic E-state index is 10.8. The Bertz CT molecular complexity index is 395. The van der Waals surface area contributed by atoms with Crippen LogP contribution in [-0.4, -0.2) is 24.3 Å². The van der Waals surface area contributed by atoms with E-state index in [4.69, 9.17) is 9.47 Å². The van der Waals surface area contributed by atoms with Gasteiger partial charge in [0.2, 0.25) is 0 Å². The van der Waals surface area contributed by atoms with E-state index in [1.54, 1.807) is 6.92 Å². The Balaban J connectivity index is 2.15. The highest BCUT2D eigenvalue weighted by molar-refractivity contribution is 5.81. The molecule has 0 saturated carbocycles. The Hall–Kier alpha value is -1.81. The molecule has 0 radical (unpaired) electrons. The molecule has 0 saturated heterocycles. The molecule has 4 nitrogen and oxygen atoms in total. The maximum Gasteiger partial charge on any atom is 0.330 e. The van der Waals surface area contributed by atoms with E-state index in [-0.39, 0.29) is 0 Å². The highest BCUT2D eigenvalue weighted by atomic mass is 16.5. The molecule has 19 heavy (non-hydrogen) atoms. The number of rotatable bonds is 8. The predicted octanol–water partition coefficient (Wildman–Crippen LogP) is 2.63. The SMILES string of the molecule is C=CC(=O)OCCCCOc1ccc(C(C)O)cc1. The Kier molecular flexibility index (Phi) is 6.68. The first-order chi connectivity index (χ1) is 9.13. The van der Waals surface area contributed by atoms with Crippen LogP contribution in [0.3, 0.4) is 0 Å². The van der Waals surface area contributed by atoms with Crippen molar-refractivity contribution in [1.82, 2.24) is 0 Å². The van der Waals surface area contributed by atoms with Crippen molar-refractivity contribution in [2.45, 2.75) is 25.9 Å². The first kappa shape index (κ1) is 15.2. The second-order valence-corrected chi connectivity index (χ2v) is 4.17. The van der Waals surface area contributed by atoms with E-state index >= 15 is 0 Å². The van der Waals surface area contributed by atoms with Crippen LogP contribution in [-0.2, 0) is 9.53 Å². The van der Waals surface area contributed by atoms with Crippen LogP contribution in [0.2, 0.25) is 0 Å². The van der Waals surface area contributed by atoms with Gasteiger partial charge in [-0.05, 0) is 37.5 Å². The maximum atomic E-state index is 10.8. The van der Waals surface area contributed by atoms with E-state index in [1.807, 2.05) is 24.3 Å². The van der Waals surface area contributed by atoms with Crippen LogP contribution in [0.25, 0.3) is 0 Å². The number of carbonyl (C=O) groups is 1. The van der Waals surface area contributed by atoms with Crippen molar-refractivity contribution in [2.75, 3.05) is 13.2 Å². The third-order valence-electron chi connectivity index (χ3n) is 2.58. The van der Waals surface area contributed by atoms with Gasteiger partial charge in [0.05, 0.1) is 19.3 Å². The molecule has 1 N–H and O–H groups in total. The zero-order valence-electron chi connectivity index (χ0n) is 11.2. The van der Waals surface area contributed by atoms with Crippen LogP contribution < -0.4 is 4.74 Å². The van der Waals surface area contributed by atoms with Gasteiger partial charge in [0.25, 0.3) is 0 Å². The molecule has 1 atom stereocenters. The number of ether oxygens (including phenoxy) is 2. The van der Waals surface area contributed by atoms with E-state index in [0.717, 1.165) is 30.2 Å².